The molecule has 4 heterocycles. The molecule has 0 spiro atoms. The Hall–Kier alpha value is -4.16. The fraction of sp³-hybridized carbons (Fsp3) is 0.280. The predicted molar refractivity (Wildman–Crippen MR) is 127 cm³/mol. The van der Waals surface area contributed by atoms with E-state index in [-0.39, 0.29) is 0 Å². The highest BCUT2D eigenvalue weighted by Gasteiger charge is 2.32. The number of aryl methyl sites for hydroxylation is 1. The number of benzene rings is 2. The summed E-state index contributed by atoms with van der Waals surface area (Å²) in [5.74, 6) is -1.04. The van der Waals surface area contributed by atoms with E-state index in [0.717, 1.165) is 53.8 Å². The smallest absolute Gasteiger partial charge is 0.408 e. The summed E-state index contributed by atoms with van der Waals surface area (Å²) in [5, 5.41) is 22.0. The maximum absolute atomic E-state index is 11.6. The fourth-order valence-electron chi connectivity index (χ4n) is 5.01. The van der Waals surface area contributed by atoms with E-state index in [9.17, 15) is 10.1 Å². The van der Waals surface area contributed by atoms with Crippen LogP contribution in [0.1, 0.15) is 22.9 Å². The van der Waals surface area contributed by atoms with Gasteiger partial charge in [0.2, 0.25) is 0 Å². The molecule has 34 heavy (non-hydrogen) atoms. The summed E-state index contributed by atoms with van der Waals surface area (Å²) >= 11 is 0. The minimum absolute atomic E-state index is 0.447. The highest BCUT2D eigenvalue weighted by molar-refractivity contribution is 5.75. The molecule has 2 unspecified atom stereocenters. The van der Waals surface area contributed by atoms with Crippen molar-refractivity contribution in [1.82, 2.24) is 20.5 Å². The third-order valence-corrected chi connectivity index (χ3v) is 6.68. The van der Waals surface area contributed by atoms with E-state index in [4.69, 9.17) is 9.41 Å². The van der Waals surface area contributed by atoms with Crippen LogP contribution in [0.2, 0.25) is 0 Å². The summed E-state index contributed by atoms with van der Waals surface area (Å²) in [6.07, 6.45) is 0. The molecule has 0 bridgehead atoms. The molecular formula is C25H23N7O2. The highest BCUT2D eigenvalue weighted by Crippen LogP contribution is 2.37. The largest absolute Gasteiger partial charge is 0.417 e. The van der Waals surface area contributed by atoms with E-state index in [0.29, 0.717) is 16.6 Å². The highest BCUT2D eigenvalue weighted by atomic mass is 16.4. The second-order valence-electron chi connectivity index (χ2n) is 8.68. The molecule has 0 amide bonds. The lowest BCUT2D eigenvalue weighted by Gasteiger charge is -2.30. The monoisotopic (exact) mass is 453 g/mol. The van der Waals surface area contributed by atoms with Crippen LogP contribution in [0.4, 0.5) is 5.69 Å². The number of anilines is 1. The molecule has 0 aliphatic carbocycles. The molecule has 0 saturated carbocycles. The van der Waals surface area contributed by atoms with Gasteiger partial charge in [-0.3, -0.25) is 15.1 Å². The predicted octanol–water partition coefficient (Wildman–Crippen LogP) is 1.28. The van der Waals surface area contributed by atoms with Crippen LogP contribution in [-0.2, 0) is 0 Å². The average Bonchev–Trinajstić information content (AvgIpc) is 3.44. The van der Waals surface area contributed by atoms with Gasteiger partial charge in [0, 0.05) is 37.1 Å². The molecule has 1 fully saturated rings. The first kappa shape index (κ1) is 20.4. The average molecular weight is 454 g/mol. The van der Waals surface area contributed by atoms with Crippen LogP contribution < -0.4 is 26.7 Å². The lowest BCUT2D eigenvalue weighted by Crippen LogP contribution is -2.43. The Balaban J connectivity index is 1.47. The third-order valence-electron chi connectivity index (χ3n) is 6.68. The van der Waals surface area contributed by atoms with Gasteiger partial charge in [-0.1, -0.05) is 18.2 Å². The fourth-order valence-corrected chi connectivity index (χ4v) is 5.01. The van der Waals surface area contributed by atoms with Gasteiger partial charge in [0.1, 0.15) is 0 Å². The van der Waals surface area contributed by atoms with Crippen LogP contribution >= 0.6 is 0 Å². The van der Waals surface area contributed by atoms with Crippen LogP contribution in [0.3, 0.4) is 0 Å². The number of oxazole rings is 1. The van der Waals surface area contributed by atoms with E-state index in [1.807, 2.05) is 13.0 Å². The standard InChI is InChI=1S/C25H23N7O2/c1-14-21-22(15-2-5-17(6-3-15)32-10-8-27-9-11-32)18(13-26)23(29-24(21)31-30-14)16-4-7-19-20(12-16)34-25(33)28-19/h2-7,12,18,23,27H,8-11H2,1H3,(H,28,33)(H,29,31). The molecule has 2 atom stereocenters. The maximum atomic E-state index is 11.6. The Morgan fingerprint density at radius 1 is 1.15 bits per heavy atom. The summed E-state index contributed by atoms with van der Waals surface area (Å²) in [4.78, 5) is 21.5. The zero-order valence-electron chi connectivity index (χ0n) is 18.6. The topological polar surface area (TPSA) is 126 Å². The Kier molecular flexibility index (Phi) is 4.81. The van der Waals surface area contributed by atoms with Crippen molar-refractivity contribution < 1.29 is 4.42 Å². The summed E-state index contributed by atoms with van der Waals surface area (Å²) < 4.78 is 5.25. The molecule has 1 saturated heterocycles. The zero-order chi connectivity index (χ0) is 23.2. The van der Waals surface area contributed by atoms with Crippen LogP contribution in [-0.4, -0.2) is 41.4 Å². The first-order chi connectivity index (χ1) is 16.6. The van der Waals surface area contributed by atoms with Crippen molar-refractivity contribution in [1.29, 1.82) is 5.26 Å². The Bertz CT molecular complexity index is 1600. The van der Waals surface area contributed by atoms with Gasteiger partial charge >= 0.3 is 5.76 Å². The molecule has 4 aromatic rings. The second-order valence-corrected chi connectivity index (χ2v) is 8.68. The van der Waals surface area contributed by atoms with Gasteiger partial charge in [-0.25, -0.2) is 4.79 Å². The molecule has 2 aromatic carbocycles. The maximum Gasteiger partial charge on any atom is 0.417 e. The Labute approximate surface area is 194 Å². The van der Waals surface area contributed by atoms with Gasteiger partial charge in [0.15, 0.2) is 11.1 Å². The Morgan fingerprint density at radius 3 is 2.71 bits per heavy atom. The SMILES string of the molecule is Cc1n[nH]c2c1=C(c1ccc(N3CCNCC3)cc1)C(C#N)C(c1ccc3[nH]c(=O)oc3c1)N=2. The molecule has 9 nitrogen and oxygen atoms in total. The van der Waals surface area contributed by atoms with Crippen molar-refractivity contribution in [3.63, 3.8) is 0 Å². The summed E-state index contributed by atoms with van der Waals surface area (Å²) in [6, 6.07) is 15.9. The first-order valence-electron chi connectivity index (χ1n) is 11.3. The zero-order valence-corrected chi connectivity index (χ0v) is 18.6. The number of nitrogens with one attached hydrogen (secondary N) is 3. The molecule has 170 valence electrons. The minimum atomic E-state index is -0.531. The summed E-state index contributed by atoms with van der Waals surface area (Å²) in [7, 11) is 0. The van der Waals surface area contributed by atoms with Crippen molar-refractivity contribution >= 4 is 22.4 Å². The minimum Gasteiger partial charge on any atom is -0.408 e. The number of nitrogens with zero attached hydrogens (tertiary/aromatic N) is 4. The van der Waals surface area contributed by atoms with Gasteiger partial charge in [-0.15, -0.1) is 0 Å². The van der Waals surface area contributed by atoms with Crippen LogP contribution in [0, 0.1) is 24.2 Å². The number of fused-ring (bicyclic) bond motifs is 2. The number of rotatable bonds is 3. The first-order valence-corrected chi connectivity index (χ1v) is 11.3. The molecule has 6 rings (SSSR count). The van der Waals surface area contributed by atoms with E-state index in [2.05, 4.69) is 55.7 Å². The van der Waals surface area contributed by atoms with Gasteiger partial charge < -0.3 is 14.6 Å². The molecular weight excluding hydrogens is 430 g/mol. The van der Waals surface area contributed by atoms with Crippen LogP contribution in [0.25, 0.3) is 16.7 Å². The number of aromatic amines is 2. The van der Waals surface area contributed by atoms with E-state index < -0.39 is 17.7 Å². The number of hydrogen-bond donors (Lipinski definition) is 3. The van der Waals surface area contributed by atoms with E-state index >= 15 is 0 Å². The van der Waals surface area contributed by atoms with E-state index in [1.54, 1.807) is 12.1 Å². The molecule has 0 radical (unpaired) electrons. The number of nitriles is 1. The summed E-state index contributed by atoms with van der Waals surface area (Å²) in [6.45, 7) is 5.82. The third kappa shape index (κ3) is 3.31. The van der Waals surface area contributed by atoms with Crippen molar-refractivity contribution in [2.45, 2.75) is 13.0 Å². The number of hydrogen-bond acceptors (Lipinski definition) is 7. The van der Waals surface area contributed by atoms with Gasteiger partial charge in [-0.2, -0.15) is 10.4 Å². The van der Waals surface area contributed by atoms with Crippen molar-refractivity contribution in [2.24, 2.45) is 10.9 Å². The normalized spacial score (nSPS) is 20.1. The van der Waals surface area contributed by atoms with Gasteiger partial charge in [0.05, 0.1) is 29.2 Å². The number of piperazine rings is 1. The van der Waals surface area contributed by atoms with Crippen molar-refractivity contribution in [2.75, 3.05) is 31.1 Å². The molecule has 3 N–H and O–H groups in total. The van der Waals surface area contributed by atoms with Crippen LogP contribution in [0.15, 0.2) is 56.7 Å². The van der Waals surface area contributed by atoms with Crippen molar-refractivity contribution in [3.8, 4) is 6.07 Å². The lowest BCUT2D eigenvalue weighted by molar-refractivity contribution is 0.552. The van der Waals surface area contributed by atoms with E-state index in [1.165, 1.54) is 5.69 Å². The molecule has 2 aromatic heterocycles. The summed E-state index contributed by atoms with van der Waals surface area (Å²) in [5.41, 5.74) is 6.39. The molecule has 9 heteroatoms. The van der Waals surface area contributed by atoms with Gasteiger partial charge in [0.25, 0.3) is 0 Å². The van der Waals surface area contributed by atoms with Crippen LogP contribution in [0.5, 0.6) is 0 Å². The number of aromatic nitrogens is 3. The Morgan fingerprint density at radius 2 is 1.94 bits per heavy atom. The lowest BCUT2D eigenvalue weighted by atomic mass is 9.82. The molecule has 2 aliphatic rings. The quantitative estimate of drug-likeness (QED) is 0.429. The molecule has 2 aliphatic heterocycles. The second kappa shape index (κ2) is 8.01. The van der Waals surface area contributed by atoms with Crippen molar-refractivity contribution in [3.05, 3.63) is 80.5 Å². The van der Waals surface area contributed by atoms with Gasteiger partial charge in [-0.05, 0) is 47.9 Å². The number of H-pyrrole nitrogens is 2.